The largest absolute Gasteiger partial charge is 0.307 e. The fraction of sp³-hybridized carbons (Fsp3) is 0.952. The number of carbonyl (C=O) groups excluding carboxylic acids is 1. The van der Waals surface area contributed by atoms with E-state index >= 15 is 0 Å². The first-order chi connectivity index (χ1) is 12.2. The van der Waals surface area contributed by atoms with Crippen molar-refractivity contribution in [2.24, 2.45) is 22.7 Å². The van der Waals surface area contributed by atoms with Crippen molar-refractivity contribution < 1.29 is 13.2 Å². The molecule has 0 unspecified atom stereocenters. The van der Waals surface area contributed by atoms with Crippen molar-refractivity contribution in [2.45, 2.75) is 91.1 Å². The van der Waals surface area contributed by atoms with E-state index in [1.165, 1.54) is 0 Å². The highest BCUT2D eigenvalue weighted by Crippen LogP contribution is 2.64. The fourth-order valence-corrected chi connectivity index (χ4v) is 8.50. The Morgan fingerprint density at radius 3 is 2.15 bits per heavy atom. The van der Waals surface area contributed by atoms with Gasteiger partial charge >= 0.3 is 0 Å². The topological polar surface area (TPSA) is 75.3 Å². The van der Waals surface area contributed by atoms with Gasteiger partial charge in [-0.1, -0.05) is 13.8 Å². The SMILES string of the molecule is CC1(C)CC(CCNS(=O)(=O)C[C@@]23CC[C@@H](CC2=O)C3(C)C)CC(C)(C)N1. The number of hydrogen-bond acceptors (Lipinski definition) is 4. The maximum absolute atomic E-state index is 12.8. The van der Waals surface area contributed by atoms with Crippen molar-refractivity contribution in [1.29, 1.82) is 0 Å². The third-order valence-electron chi connectivity index (χ3n) is 7.72. The van der Waals surface area contributed by atoms with E-state index in [4.69, 9.17) is 0 Å². The van der Waals surface area contributed by atoms with Crippen LogP contribution in [0.3, 0.4) is 0 Å². The average Bonchev–Trinajstić information content (AvgIpc) is 2.77. The number of rotatable bonds is 6. The monoisotopic (exact) mass is 398 g/mol. The Hall–Kier alpha value is -0.460. The van der Waals surface area contributed by atoms with Crippen LogP contribution >= 0.6 is 0 Å². The van der Waals surface area contributed by atoms with Crippen molar-refractivity contribution >= 4 is 15.8 Å². The molecular weight excluding hydrogens is 360 g/mol. The first-order valence-electron chi connectivity index (χ1n) is 10.5. The Morgan fingerprint density at radius 2 is 1.67 bits per heavy atom. The number of carbonyl (C=O) groups is 1. The molecule has 1 saturated heterocycles. The molecule has 0 aromatic heterocycles. The van der Waals surface area contributed by atoms with Crippen LogP contribution in [0.4, 0.5) is 0 Å². The predicted molar refractivity (Wildman–Crippen MR) is 109 cm³/mol. The van der Waals surface area contributed by atoms with Gasteiger partial charge in [-0.05, 0) is 77.0 Å². The number of piperidine rings is 1. The van der Waals surface area contributed by atoms with E-state index in [1.54, 1.807) is 0 Å². The predicted octanol–water partition coefficient (Wildman–Crippen LogP) is 3.25. The van der Waals surface area contributed by atoms with Gasteiger partial charge in [0.2, 0.25) is 10.0 Å². The normalized spacial score (nSPS) is 34.9. The molecule has 2 atom stereocenters. The van der Waals surface area contributed by atoms with E-state index in [0.717, 1.165) is 32.1 Å². The number of Topliss-reactive ketones (excluding diaryl/α,β-unsaturated/α-hetero) is 1. The van der Waals surface area contributed by atoms with Gasteiger partial charge in [0.05, 0.1) is 5.75 Å². The lowest BCUT2D eigenvalue weighted by Crippen LogP contribution is -2.58. The lowest BCUT2D eigenvalue weighted by Gasteiger charge is -2.46. The van der Waals surface area contributed by atoms with Gasteiger partial charge in [-0.25, -0.2) is 13.1 Å². The molecule has 2 N–H and O–H groups in total. The third-order valence-corrected chi connectivity index (χ3v) is 9.24. The summed E-state index contributed by atoms with van der Waals surface area (Å²) >= 11 is 0. The van der Waals surface area contributed by atoms with E-state index in [-0.39, 0.29) is 28.0 Å². The van der Waals surface area contributed by atoms with Gasteiger partial charge < -0.3 is 5.32 Å². The number of nitrogens with one attached hydrogen (secondary N) is 2. The second-order valence-electron chi connectivity index (χ2n) is 11.3. The molecule has 156 valence electrons. The molecule has 3 rings (SSSR count). The molecule has 2 aliphatic carbocycles. The summed E-state index contributed by atoms with van der Waals surface area (Å²) in [6.45, 7) is 13.5. The van der Waals surface area contributed by atoms with Gasteiger partial charge in [0.15, 0.2) is 0 Å². The summed E-state index contributed by atoms with van der Waals surface area (Å²) in [7, 11) is -3.46. The molecule has 0 aromatic carbocycles. The molecule has 3 fully saturated rings. The highest BCUT2D eigenvalue weighted by atomic mass is 32.2. The molecular formula is C21H38N2O3S. The summed E-state index contributed by atoms with van der Waals surface area (Å²) in [5, 5.41) is 3.67. The summed E-state index contributed by atoms with van der Waals surface area (Å²) in [4.78, 5) is 12.6. The van der Waals surface area contributed by atoms with Crippen LogP contribution in [0.2, 0.25) is 0 Å². The van der Waals surface area contributed by atoms with Crippen LogP contribution in [-0.2, 0) is 14.8 Å². The van der Waals surface area contributed by atoms with Crippen molar-refractivity contribution in [3.8, 4) is 0 Å². The Bertz CT molecular complexity index is 695. The fourth-order valence-electron chi connectivity index (χ4n) is 6.64. The molecule has 0 aromatic rings. The summed E-state index contributed by atoms with van der Waals surface area (Å²) in [5.41, 5.74) is -0.739. The molecule has 2 saturated carbocycles. The lowest BCUT2D eigenvalue weighted by atomic mass is 9.70. The Labute approximate surface area is 165 Å². The first kappa shape index (κ1) is 21.3. The van der Waals surface area contributed by atoms with E-state index in [0.29, 0.717) is 24.8 Å². The van der Waals surface area contributed by atoms with E-state index in [9.17, 15) is 13.2 Å². The molecule has 2 bridgehead atoms. The highest BCUT2D eigenvalue weighted by Gasteiger charge is 2.65. The first-order valence-corrected chi connectivity index (χ1v) is 12.1. The Morgan fingerprint density at radius 1 is 1.07 bits per heavy atom. The van der Waals surface area contributed by atoms with Gasteiger partial charge in [-0.2, -0.15) is 0 Å². The van der Waals surface area contributed by atoms with Crippen LogP contribution in [0.15, 0.2) is 0 Å². The molecule has 1 heterocycles. The molecule has 0 amide bonds. The molecule has 6 heteroatoms. The summed E-state index contributed by atoms with van der Waals surface area (Å²) < 4.78 is 28.5. The van der Waals surface area contributed by atoms with Crippen molar-refractivity contribution in [2.75, 3.05) is 12.3 Å². The quantitative estimate of drug-likeness (QED) is 0.720. The van der Waals surface area contributed by atoms with E-state index in [2.05, 4.69) is 51.6 Å². The second-order valence-corrected chi connectivity index (χ2v) is 13.1. The van der Waals surface area contributed by atoms with E-state index in [1.807, 2.05) is 0 Å². The standard InChI is InChI=1S/C21H38N2O3S/c1-18(2)12-15(13-19(3,4)23-18)8-10-22-27(25,26)14-21-9-7-16(11-17(21)24)20(21,5)6/h15-16,22-23H,7-14H2,1-6H3/t16-,21-/m0/s1. The summed E-state index contributed by atoms with van der Waals surface area (Å²) in [5.74, 6) is 0.971. The number of ketones is 1. The smallest absolute Gasteiger partial charge is 0.212 e. The van der Waals surface area contributed by atoms with Gasteiger partial charge in [0, 0.05) is 29.5 Å². The minimum Gasteiger partial charge on any atom is -0.307 e. The van der Waals surface area contributed by atoms with Crippen LogP contribution in [0.1, 0.15) is 80.1 Å². The molecule has 3 aliphatic rings. The molecule has 27 heavy (non-hydrogen) atoms. The van der Waals surface area contributed by atoms with Gasteiger partial charge in [-0.15, -0.1) is 0 Å². The Balaban J connectivity index is 1.59. The molecule has 1 aliphatic heterocycles. The number of sulfonamides is 1. The van der Waals surface area contributed by atoms with Crippen LogP contribution in [0.5, 0.6) is 0 Å². The summed E-state index contributed by atoms with van der Waals surface area (Å²) in [6.07, 6.45) is 5.21. The molecule has 0 radical (unpaired) electrons. The van der Waals surface area contributed by atoms with Crippen LogP contribution < -0.4 is 10.0 Å². The van der Waals surface area contributed by atoms with Crippen LogP contribution in [0, 0.1) is 22.7 Å². The zero-order valence-corrected chi connectivity index (χ0v) is 18.8. The van der Waals surface area contributed by atoms with Crippen LogP contribution in [-0.4, -0.2) is 37.6 Å². The average molecular weight is 399 g/mol. The molecule has 5 nitrogen and oxygen atoms in total. The Kier molecular flexibility index (Phi) is 5.14. The number of hydrogen-bond donors (Lipinski definition) is 2. The highest BCUT2D eigenvalue weighted by molar-refractivity contribution is 7.89. The zero-order valence-electron chi connectivity index (χ0n) is 17.9. The maximum atomic E-state index is 12.8. The van der Waals surface area contributed by atoms with Gasteiger partial charge in [0.25, 0.3) is 0 Å². The minimum absolute atomic E-state index is 0.0362. The summed E-state index contributed by atoms with van der Waals surface area (Å²) in [6, 6.07) is 0. The van der Waals surface area contributed by atoms with Crippen LogP contribution in [0.25, 0.3) is 0 Å². The second kappa shape index (κ2) is 6.53. The van der Waals surface area contributed by atoms with E-state index < -0.39 is 15.4 Å². The third kappa shape index (κ3) is 3.99. The molecule has 0 spiro atoms. The zero-order chi connectivity index (χ0) is 20.3. The van der Waals surface area contributed by atoms with Crippen molar-refractivity contribution in [1.82, 2.24) is 10.0 Å². The van der Waals surface area contributed by atoms with Gasteiger partial charge in [0.1, 0.15) is 5.78 Å². The van der Waals surface area contributed by atoms with Gasteiger partial charge in [-0.3, -0.25) is 4.79 Å². The number of fused-ring (bicyclic) bond motifs is 2. The van der Waals surface area contributed by atoms with Crippen molar-refractivity contribution in [3.63, 3.8) is 0 Å². The van der Waals surface area contributed by atoms with Crippen molar-refractivity contribution in [3.05, 3.63) is 0 Å². The lowest BCUT2D eigenvalue weighted by molar-refractivity contribution is -0.128. The minimum atomic E-state index is -3.46. The maximum Gasteiger partial charge on any atom is 0.212 e.